The zero-order valence-corrected chi connectivity index (χ0v) is 9.99. The lowest BCUT2D eigenvalue weighted by atomic mass is 9.75. The quantitative estimate of drug-likeness (QED) is 0.708. The molecule has 1 aliphatic carbocycles. The minimum atomic E-state index is -0.639. The van der Waals surface area contributed by atoms with E-state index in [0.29, 0.717) is 11.8 Å². The van der Waals surface area contributed by atoms with Gasteiger partial charge in [0.1, 0.15) is 0 Å². The van der Waals surface area contributed by atoms with E-state index < -0.39 is 11.4 Å². The number of carbonyl (C=O) groups is 1. The molecule has 1 unspecified atom stereocenters. The van der Waals surface area contributed by atoms with Gasteiger partial charge in [-0.15, -0.1) is 0 Å². The summed E-state index contributed by atoms with van der Waals surface area (Å²) in [5, 5.41) is 9.22. The normalized spacial score (nSPS) is 34.5. The predicted molar refractivity (Wildman–Crippen MR) is 61.7 cm³/mol. The molecule has 15 heavy (non-hydrogen) atoms. The van der Waals surface area contributed by atoms with Crippen molar-refractivity contribution in [1.29, 1.82) is 0 Å². The van der Waals surface area contributed by atoms with Gasteiger partial charge in [-0.25, -0.2) is 0 Å². The number of aliphatic carboxylic acids is 1. The largest absolute Gasteiger partial charge is 0.481 e. The van der Waals surface area contributed by atoms with Gasteiger partial charge in [0, 0.05) is 0 Å². The van der Waals surface area contributed by atoms with E-state index in [1.165, 1.54) is 0 Å². The lowest BCUT2D eigenvalue weighted by Gasteiger charge is -2.29. The first-order chi connectivity index (χ1) is 6.96. The monoisotopic (exact) mass is 210 g/mol. The van der Waals surface area contributed by atoms with Crippen LogP contribution in [0.15, 0.2) is 12.2 Å². The van der Waals surface area contributed by atoms with E-state index in [1.807, 2.05) is 6.92 Å². The molecule has 0 fully saturated rings. The van der Waals surface area contributed by atoms with Crippen molar-refractivity contribution in [2.45, 2.75) is 46.5 Å². The highest BCUT2D eigenvalue weighted by Gasteiger charge is 2.33. The fraction of sp³-hybridized carbons (Fsp3) is 0.769. The number of carboxylic acid groups (broad SMARTS) is 1. The average molecular weight is 210 g/mol. The molecular formula is C13H22O2. The van der Waals surface area contributed by atoms with Gasteiger partial charge in [-0.2, -0.15) is 0 Å². The number of carboxylic acids is 1. The van der Waals surface area contributed by atoms with Crippen molar-refractivity contribution < 1.29 is 9.90 Å². The third kappa shape index (κ3) is 3.08. The summed E-state index contributed by atoms with van der Waals surface area (Å²) in [6, 6.07) is 0. The zero-order valence-electron chi connectivity index (χ0n) is 9.99. The Balaban J connectivity index is 2.72. The maximum atomic E-state index is 11.2. The van der Waals surface area contributed by atoms with Gasteiger partial charge in [-0.05, 0) is 44.4 Å². The first kappa shape index (κ1) is 12.3. The summed E-state index contributed by atoms with van der Waals surface area (Å²) in [6.07, 6.45) is 7.89. The van der Waals surface area contributed by atoms with Crippen molar-refractivity contribution >= 4 is 5.97 Å². The van der Waals surface area contributed by atoms with Crippen LogP contribution >= 0.6 is 0 Å². The van der Waals surface area contributed by atoms with Crippen molar-refractivity contribution in [2.75, 3.05) is 0 Å². The van der Waals surface area contributed by atoms with E-state index in [2.05, 4.69) is 26.0 Å². The second-order valence-corrected chi connectivity index (χ2v) is 5.28. The van der Waals surface area contributed by atoms with Crippen molar-refractivity contribution in [3.05, 3.63) is 12.2 Å². The van der Waals surface area contributed by atoms with Crippen LogP contribution < -0.4 is 0 Å². The summed E-state index contributed by atoms with van der Waals surface area (Å²) < 4.78 is 0. The van der Waals surface area contributed by atoms with Gasteiger partial charge >= 0.3 is 5.97 Å². The van der Waals surface area contributed by atoms with Crippen molar-refractivity contribution in [3.63, 3.8) is 0 Å². The minimum absolute atomic E-state index is 0.516. The molecule has 2 heteroatoms. The summed E-state index contributed by atoms with van der Waals surface area (Å²) in [5.74, 6) is 0.515. The molecule has 0 aromatic rings. The van der Waals surface area contributed by atoms with Gasteiger partial charge in [0.15, 0.2) is 0 Å². The Hall–Kier alpha value is -0.790. The second-order valence-electron chi connectivity index (χ2n) is 5.28. The first-order valence-electron chi connectivity index (χ1n) is 5.86. The highest BCUT2D eigenvalue weighted by Crippen LogP contribution is 2.35. The molecule has 1 N–H and O–H groups in total. The van der Waals surface area contributed by atoms with Crippen molar-refractivity contribution in [2.24, 2.45) is 17.3 Å². The van der Waals surface area contributed by atoms with Gasteiger partial charge < -0.3 is 5.11 Å². The average Bonchev–Trinajstić information content (AvgIpc) is 2.11. The van der Waals surface area contributed by atoms with Gasteiger partial charge in [0.2, 0.25) is 0 Å². The van der Waals surface area contributed by atoms with Gasteiger partial charge in [0.05, 0.1) is 5.41 Å². The fourth-order valence-corrected chi connectivity index (χ4v) is 2.15. The topological polar surface area (TPSA) is 37.3 Å². The van der Waals surface area contributed by atoms with E-state index in [1.54, 1.807) is 0 Å². The maximum Gasteiger partial charge on any atom is 0.309 e. The minimum Gasteiger partial charge on any atom is -0.481 e. The Morgan fingerprint density at radius 1 is 1.47 bits per heavy atom. The molecule has 2 atom stereocenters. The number of rotatable bonds is 2. The van der Waals surface area contributed by atoms with Crippen LogP contribution in [0.4, 0.5) is 0 Å². The lowest BCUT2D eigenvalue weighted by molar-refractivity contribution is -0.149. The van der Waals surface area contributed by atoms with E-state index in [-0.39, 0.29) is 0 Å². The summed E-state index contributed by atoms with van der Waals surface area (Å²) in [6.45, 7) is 6.29. The number of allylic oxidation sites excluding steroid dienone is 2. The van der Waals surface area contributed by atoms with Gasteiger partial charge in [-0.3, -0.25) is 4.79 Å². The highest BCUT2D eigenvalue weighted by molar-refractivity contribution is 5.74. The summed E-state index contributed by atoms with van der Waals surface area (Å²) in [5.41, 5.74) is -0.516. The van der Waals surface area contributed by atoms with Crippen LogP contribution in [0, 0.1) is 17.3 Å². The van der Waals surface area contributed by atoms with E-state index in [4.69, 9.17) is 0 Å². The molecule has 0 saturated heterocycles. The molecule has 0 heterocycles. The fourth-order valence-electron chi connectivity index (χ4n) is 2.15. The van der Waals surface area contributed by atoms with Gasteiger partial charge in [0.25, 0.3) is 0 Å². The molecule has 0 aliphatic heterocycles. The first-order valence-corrected chi connectivity index (χ1v) is 5.86. The molecule has 0 saturated carbocycles. The van der Waals surface area contributed by atoms with Gasteiger partial charge in [-0.1, -0.05) is 26.0 Å². The van der Waals surface area contributed by atoms with Crippen molar-refractivity contribution in [3.8, 4) is 0 Å². The molecule has 0 bridgehead atoms. The smallest absolute Gasteiger partial charge is 0.309 e. The Morgan fingerprint density at radius 2 is 2.13 bits per heavy atom. The van der Waals surface area contributed by atoms with E-state index in [9.17, 15) is 9.90 Å². The lowest BCUT2D eigenvalue weighted by Crippen LogP contribution is -2.29. The SMILES string of the molecule is CC(C)C1/C=C/CC[C@@](C)(C(=O)O)CC1. The van der Waals surface area contributed by atoms with Crippen LogP contribution in [0.3, 0.4) is 0 Å². The molecule has 0 aromatic heterocycles. The van der Waals surface area contributed by atoms with Crippen LogP contribution in [0.25, 0.3) is 0 Å². The third-order valence-corrected chi connectivity index (χ3v) is 3.65. The standard InChI is InChI=1S/C13H22O2/c1-10(2)11-6-4-5-8-13(3,9-7-11)12(14)15/h4,6,10-11H,5,7-9H2,1-3H3,(H,14,15)/b6-4+/t11?,13-/m1/s1. The second kappa shape index (κ2) is 4.82. The van der Waals surface area contributed by atoms with Crippen molar-refractivity contribution in [1.82, 2.24) is 0 Å². The molecule has 0 radical (unpaired) electrons. The zero-order chi connectivity index (χ0) is 11.5. The summed E-state index contributed by atoms with van der Waals surface area (Å²) >= 11 is 0. The van der Waals surface area contributed by atoms with Crippen LogP contribution in [-0.2, 0) is 4.79 Å². The summed E-state index contributed by atoms with van der Waals surface area (Å²) in [7, 11) is 0. The molecule has 2 nitrogen and oxygen atoms in total. The van der Waals surface area contributed by atoms with Crippen LogP contribution in [0.5, 0.6) is 0 Å². The van der Waals surface area contributed by atoms with E-state index >= 15 is 0 Å². The highest BCUT2D eigenvalue weighted by atomic mass is 16.4. The third-order valence-electron chi connectivity index (χ3n) is 3.65. The molecule has 1 rings (SSSR count). The molecule has 0 spiro atoms. The molecule has 0 amide bonds. The van der Waals surface area contributed by atoms with E-state index in [0.717, 1.165) is 25.7 Å². The predicted octanol–water partition coefficient (Wildman–Crippen LogP) is 3.48. The number of hydrogen-bond donors (Lipinski definition) is 1. The number of hydrogen-bond acceptors (Lipinski definition) is 1. The summed E-state index contributed by atoms with van der Waals surface area (Å²) in [4.78, 5) is 11.2. The Kier molecular flexibility index (Phi) is 3.95. The molecule has 1 aliphatic rings. The molecule has 0 aromatic carbocycles. The Morgan fingerprint density at radius 3 is 2.67 bits per heavy atom. The van der Waals surface area contributed by atoms with Crippen LogP contribution in [-0.4, -0.2) is 11.1 Å². The molecular weight excluding hydrogens is 188 g/mol. The molecule has 86 valence electrons. The van der Waals surface area contributed by atoms with Crippen LogP contribution in [0.1, 0.15) is 46.5 Å². The maximum absolute atomic E-state index is 11.2. The Labute approximate surface area is 92.4 Å². The van der Waals surface area contributed by atoms with Crippen LogP contribution in [0.2, 0.25) is 0 Å². The Bertz CT molecular complexity index is 255.